The molecule has 7 atom stereocenters. The first kappa shape index (κ1) is 24.9. The zero-order valence-electron chi connectivity index (χ0n) is 19.8. The third-order valence-electron chi connectivity index (χ3n) is 7.19. The van der Waals surface area contributed by atoms with E-state index in [1.165, 1.54) is 37.0 Å². The number of benzene rings is 1. The van der Waals surface area contributed by atoms with Gasteiger partial charge in [0.05, 0.1) is 30.7 Å². The normalized spacial score (nSPS) is 30.4. The molecule has 1 saturated heterocycles. The molecule has 0 spiro atoms. The van der Waals surface area contributed by atoms with Gasteiger partial charge in [-0.3, -0.25) is 0 Å². The number of aryl methyl sites for hydroxylation is 1. The molecule has 10 nitrogen and oxygen atoms in total. The molecule has 0 radical (unpaired) electrons. The third kappa shape index (κ3) is 4.33. The van der Waals surface area contributed by atoms with Crippen molar-refractivity contribution in [3.8, 4) is 11.3 Å². The average molecular weight is 507 g/mol. The van der Waals surface area contributed by atoms with Crippen molar-refractivity contribution in [2.45, 2.75) is 68.7 Å². The van der Waals surface area contributed by atoms with Gasteiger partial charge in [-0.1, -0.05) is 16.4 Å². The Morgan fingerprint density at radius 1 is 1.17 bits per heavy atom. The van der Waals surface area contributed by atoms with Crippen LogP contribution in [0, 0.1) is 18.6 Å². The van der Waals surface area contributed by atoms with Crippen molar-refractivity contribution >= 4 is 0 Å². The molecule has 0 amide bonds. The van der Waals surface area contributed by atoms with Crippen molar-refractivity contribution in [1.82, 2.24) is 20.2 Å². The first-order valence-corrected chi connectivity index (χ1v) is 11.8. The summed E-state index contributed by atoms with van der Waals surface area (Å²) in [4.78, 5) is 0. The van der Waals surface area contributed by atoms with Crippen LogP contribution in [-0.4, -0.2) is 79.7 Å². The van der Waals surface area contributed by atoms with E-state index in [-0.39, 0.29) is 29.2 Å². The second-order valence-corrected chi connectivity index (χ2v) is 9.39. The summed E-state index contributed by atoms with van der Waals surface area (Å²) in [6, 6.07) is 3.77. The third-order valence-corrected chi connectivity index (χ3v) is 7.19. The van der Waals surface area contributed by atoms with Crippen LogP contribution < -0.4 is 0 Å². The lowest BCUT2D eigenvalue weighted by atomic mass is 9.80. The maximum Gasteiger partial charge on any atom is 0.168 e. The highest BCUT2D eigenvalue weighted by Crippen LogP contribution is 2.38. The summed E-state index contributed by atoms with van der Waals surface area (Å²) in [5, 5.41) is 42.9. The molecule has 2 fully saturated rings. The molecule has 3 N–H and O–H groups in total. The number of halogens is 2. The Hall–Kier alpha value is -2.77. The van der Waals surface area contributed by atoms with E-state index >= 15 is 0 Å². The lowest BCUT2D eigenvalue weighted by Crippen LogP contribution is -2.57. The molecule has 12 heteroatoms. The van der Waals surface area contributed by atoms with Crippen LogP contribution >= 0.6 is 0 Å². The fourth-order valence-electron chi connectivity index (χ4n) is 4.94. The monoisotopic (exact) mass is 506 g/mol. The Bertz CT molecular complexity index is 1220. The van der Waals surface area contributed by atoms with Gasteiger partial charge < -0.3 is 29.3 Å². The van der Waals surface area contributed by atoms with Crippen LogP contribution in [0.2, 0.25) is 0 Å². The second kappa shape index (κ2) is 9.94. The van der Waals surface area contributed by atoms with Crippen molar-refractivity contribution in [1.29, 1.82) is 0 Å². The van der Waals surface area contributed by atoms with Gasteiger partial charge in [0.25, 0.3) is 0 Å². The van der Waals surface area contributed by atoms with Crippen LogP contribution in [0.5, 0.6) is 0 Å². The minimum Gasteiger partial charge on any atom is -0.394 e. The molecule has 36 heavy (non-hydrogen) atoms. The summed E-state index contributed by atoms with van der Waals surface area (Å²) in [6.45, 7) is 0.990. The van der Waals surface area contributed by atoms with Gasteiger partial charge in [-0.25, -0.2) is 13.5 Å². The van der Waals surface area contributed by atoms with Crippen molar-refractivity contribution in [3.63, 3.8) is 0 Å². The maximum absolute atomic E-state index is 14.5. The van der Waals surface area contributed by atoms with Crippen LogP contribution in [0.4, 0.5) is 8.78 Å². The summed E-state index contributed by atoms with van der Waals surface area (Å²) in [5.74, 6) is -1.50. The molecule has 1 saturated carbocycles. The summed E-state index contributed by atoms with van der Waals surface area (Å²) in [7, 11) is 1.45. The van der Waals surface area contributed by atoms with Gasteiger partial charge >= 0.3 is 0 Å². The predicted molar refractivity (Wildman–Crippen MR) is 120 cm³/mol. The number of rotatable bonds is 7. The van der Waals surface area contributed by atoms with Crippen molar-refractivity contribution in [3.05, 3.63) is 53.0 Å². The smallest absolute Gasteiger partial charge is 0.168 e. The summed E-state index contributed by atoms with van der Waals surface area (Å²) in [6.07, 6.45) is -0.893. The molecule has 1 aliphatic carbocycles. The molecule has 3 aromatic rings. The van der Waals surface area contributed by atoms with Crippen molar-refractivity contribution < 1.29 is 38.1 Å². The van der Waals surface area contributed by atoms with Gasteiger partial charge in [-0.2, -0.15) is 0 Å². The minimum atomic E-state index is -1.23. The largest absolute Gasteiger partial charge is 0.394 e. The zero-order valence-corrected chi connectivity index (χ0v) is 19.8. The van der Waals surface area contributed by atoms with Gasteiger partial charge in [0.2, 0.25) is 0 Å². The van der Waals surface area contributed by atoms with Crippen LogP contribution in [-0.2, 0) is 15.9 Å². The van der Waals surface area contributed by atoms with E-state index in [0.717, 1.165) is 12.8 Å². The molecule has 194 valence electrons. The Morgan fingerprint density at radius 3 is 2.64 bits per heavy atom. The SMILES string of the molecule is CO[C@@H]1[C@@H](n2cc(-c3ccc(C)c(F)c3F)nn2)[C@@H](O)[C@@H](CO)O[C@@H]1Cc1cc(C2CCC2O)on1. The first-order chi connectivity index (χ1) is 17.3. The van der Waals surface area contributed by atoms with Gasteiger partial charge in [0.15, 0.2) is 11.6 Å². The number of aromatic nitrogens is 4. The number of aliphatic hydroxyl groups excluding tert-OH is 3. The average Bonchev–Trinajstić information content (AvgIpc) is 3.52. The fourth-order valence-corrected chi connectivity index (χ4v) is 4.94. The Kier molecular flexibility index (Phi) is 6.88. The zero-order chi connectivity index (χ0) is 25.6. The van der Waals surface area contributed by atoms with E-state index in [2.05, 4.69) is 15.5 Å². The maximum atomic E-state index is 14.5. The molecule has 3 heterocycles. The highest BCUT2D eigenvalue weighted by Gasteiger charge is 2.47. The van der Waals surface area contributed by atoms with E-state index in [4.69, 9.17) is 14.0 Å². The summed E-state index contributed by atoms with van der Waals surface area (Å²) < 4.78 is 47.0. The standard InChI is InChI=1S/C24H28F2N4O6/c1-11-3-4-13(21(26)20(11)25)15-9-30(29-27-15)22-23(33)19(10-31)35-18(24(22)34-2)8-12-7-17(36-28-12)14-5-6-16(14)32/h3-4,7,9,14,16,18-19,22-24,31-33H,5-6,8,10H2,1-2H3/t14?,16?,18-,19-,22+,23+,24+/m1/s1. The van der Waals surface area contributed by atoms with Crippen LogP contribution in [0.3, 0.4) is 0 Å². The Balaban J connectivity index is 1.42. The Morgan fingerprint density at radius 2 is 1.97 bits per heavy atom. The number of hydrogen-bond acceptors (Lipinski definition) is 9. The van der Waals surface area contributed by atoms with Gasteiger partial charge in [-0.05, 0) is 31.4 Å². The number of nitrogens with zero attached hydrogens (tertiary/aromatic N) is 4. The number of ether oxygens (including phenoxy) is 2. The highest BCUT2D eigenvalue weighted by molar-refractivity contribution is 5.59. The second-order valence-electron chi connectivity index (χ2n) is 9.39. The van der Waals surface area contributed by atoms with Gasteiger partial charge in [0.1, 0.15) is 35.8 Å². The lowest BCUT2D eigenvalue weighted by Gasteiger charge is -2.43. The minimum absolute atomic E-state index is 0.0663. The fraction of sp³-hybridized carbons (Fsp3) is 0.542. The van der Waals surface area contributed by atoms with Crippen LogP contribution in [0.25, 0.3) is 11.3 Å². The molecule has 2 unspecified atom stereocenters. The molecule has 2 aliphatic rings. The molecule has 1 aliphatic heterocycles. The molecule has 0 bridgehead atoms. The summed E-state index contributed by atoms with van der Waals surface area (Å²) >= 11 is 0. The number of methoxy groups -OCH3 is 1. The van der Waals surface area contributed by atoms with Gasteiger partial charge in [-0.15, -0.1) is 5.10 Å². The Labute approximate surface area is 205 Å². The molecule has 5 rings (SSSR count). The summed E-state index contributed by atoms with van der Waals surface area (Å²) in [5.41, 5.74) is 0.750. The first-order valence-electron chi connectivity index (χ1n) is 11.8. The van der Waals surface area contributed by atoms with E-state index in [1.54, 1.807) is 6.07 Å². The van der Waals surface area contributed by atoms with Crippen LogP contribution in [0.15, 0.2) is 28.9 Å². The lowest BCUT2D eigenvalue weighted by molar-refractivity contribution is -0.212. The quantitative estimate of drug-likeness (QED) is 0.437. The van der Waals surface area contributed by atoms with E-state index in [1.807, 2.05) is 0 Å². The van der Waals surface area contributed by atoms with Gasteiger partial charge in [0, 0.05) is 31.1 Å². The van der Waals surface area contributed by atoms with Crippen molar-refractivity contribution in [2.24, 2.45) is 0 Å². The topological polar surface area (TPSA) is 136 Å². The molecular weight excluding hydrogens is 478 g/mol. The van der Waals surface area contributed by atoms with Crippen LogP contribution in [0.1, 0.15) is 41.8 Å². The van der Waals surface area contributed by atoms with E-state index < -0.39 is 54.8 Å². The van der Waals surface area contributed by atoms with E-state index in [0.29, 0.717) is 11.5 Å². The van der Waals surface area contributed by atoms with Crippen molar-refractivity contribution in [2.75, 3.05) is 13.7 Å². The van der Waals surface area contributed by atoms with E-state index in [9.17, 15) is 24.1 Å². The highest BCUT2D eigenvalue weighted by atomic mass is 19.2. The number of hydrogen-bond donors (Lipinski definition) is 3. The molecule has 1 aromatic carbocycles. The predicted octanol–water partition coefficient (Wildman–Crippen LogP) is 1.68. The molecule has 2 aromatic heterocycles. The molecular formula is C24H28F2N4O6. The number of aliphatic hydroxyl groups is 3.